The summed E-state index contributed by atoms with van der Waals surface area (Å²) in [6, 6.07) is 17.0. The number of hydrogen-bond donors (Lipinski definition) is 2. The van der Waals surface area contributed by atoms with Gasteiger partial charge >= 0.3 is 0 Å². The molecule has 134 valence electrons. The topological polar surface area (TPSA) is 77.5 Å². The first-order valence-electron chi connectivity index (χ1n) is 8.94. The average Bonchev–Trinajstić information content (AvgIpc) is 3.13. The van der Waals surface area contributed by atoms with Crippen LogP contribution in [0.3, 0.4) is 0 Å². The summed E-state index contributed by atoms with van der Waals surface area (Å²) < 4.78 is 11.2. The Balaban J connectivity index is 1.44. The van der Waals surface area contributed by atoms with Crippen molar-refractivity contribution in [2.75, 3.05) is 18.5 Å². The summed E-state index contributed by atoms with van der Waals surface area (Å²) in [5, 5.41) is 3.98. The Labute approximate surface area is 152 Å². The van der Waals surface area contributed by atoms with Crippen molar-refractivity contribution in [1.29, 1.82) is 0 Å². The summed E-state index contributed by atoms with van der Waals surface area (Å²) >= 11 is 0. The molecule has 3 aromatic rings. The van der Waals surface area contributed by atoms with Gasteiger partial charge in [-0.05, 0) is 55.2 Å². The lowest BCUT2D eigenvalue weighted by Crippen LogP contribution is -2.43. The third-order valence-electron chi connectivity index (χ3n) is 4.94. The van der Waals surface area contributed by atoms with Gasteiger partial charge in [-0.1, -0.05) is 18.2 Å². The second-order valence-corrected chi connectivity index (χ2v) is 6.69. The van der Waals surface area contributed by atoms with Gasteiger partial charge in [-0.25, -0.2) is 0 Å². The zero-order valence-electron chi connectivity index (χ0n) is 14.5. The van der Waals surface area contributed by atoms with Gasteiger partial charge < -0.3 is 20.2 Å². The van der Waals surface area contributed by atoms with Crippen molar-refractivity contribution in [1.82, 2.24) is 0 Å². The van der Waals surface area contributed by atoms with Crippen molar-refractivity contribution in [3.63, 3.8) is 0 Å². The third kappa shape index (κ3) is 3.49. The third-order valence-corrected chi connectivity index (χ3v) is 4.94. The van der Waals surface area contributed by atoms with Crippen LogP contribution in [0.15, 0.2) is 59.0 Å². The second kappa shape index (κ2) is 7.32. The molecule has 0 radical (unpaired) electrons. The van der Waals surface area contributed by atoms with Crippen molar-refractivity contribution >= 4 is 22.6 Å². The van der Waals surface area contributed by atoms with Crippen molar-refractivity contribution in [3.8, 4) is 11.3 Å². The molecule has 1 unspecified atom stereocenters. The van der Waals surface area contributed by atoms with Crippen molar-refractivity contribution in [2.24, 2.45) is 11.7 Å². The van der Waals surface area contributed by atoms with E-state index >= 15 is 0 Å². The number of anilines is 1. The summed E-state index contributed by atoms with van der Waals surface area (Å²) in [6.07, 6.45) is 1.67. The number of benzene rings is 2. The zero-order chi connectivity index (χ0) is 17.9. The quantitative estimate of drug-likeness (QED) is 0.750. The molecule has 0 saturated carbocycles. The normalized spacial score (nSPS) is 16.5. The van der Waals surface area contributed by atoms with Gasteiger partial charge in [0.2, 0.25) is 5.91 Å². The molecule has 4 rings (SSSR count). The fraction of sp³-hybridized carbons (Fsp3) is 0.286. The van der Waals surface area contributed by atoms with Crippen molar-refractivity contribution < 1.29 is 13.9 Å². The first-order chi connectivity index (χ1) is 12.7. The number of amides is 1. The van der Waals surface area contributed by atoms with E-state index in [1.807, 2.05) is 54.6 Å². The number of hydrogen-bond acceptors (Lipinski definition) is 4. The van der Waals surface area contributed by atoms with E-state index in [-0.39, 0.29) is 11.8 Å². The van der Waals surface area contributed by atoms with Crippen molar-refractivity contribution in [2.45, 2.75) is 18.9 Å². The molecular formula is C21H22N2O3. The fourth-order valence-corrected chi connectivity index (χ4v) is 3.36. The van der Waals surface area contributed by atoms with Gasteiger partial charge in [-0.3, -0.25) is 4.79 Å². The SMILES string of the molecule is NC(C(=O)Nc1ccc(-c2cc3ccccc3o2)cc1)C1CCOCC1. The van der Waals surface area contributed by atoms with Gasteiger partial charge in [-0.15, -0.1) is 0 Å². The Bertz CT molecular complexity index is 862. The highest BCUT2D eigenvalue weighted by Gasteiger charge is 2.26. The molecule has 5 heteroatoms. The molecule has 1 amide bonds. The number of rotatable bonds is 4. The molecule has 1 aliphatic heterocycles. The molecule has 1 saturated heterocycles. The van der Waals surface area contributed by atoms with Gasteiger partial charge in [0.05, 0.1) is 6.04 Å². The summed E-state index contributed by atoms with van der Waals surface area (Å²) in [5.41, 5.74) is 8.68. The molecular weight excluding hydrogens is 328 g/mol. The maximum Gasteiger partial charge on any atom is 0.241 e. The summed E-state index contributed by atoms with van der Waals surface area (Å²) in [6.45, 7) is 1.36. The minimum absolute atomic E-state index is 0.145. The number of fused-ring (bicyclic) bond motifs is 1. The van der Waals surface area contributed by atoms with E-state index in [4.69, 9.17) is 14.9 Å². The largest absolute Gasteiger partial charge is 0.456 e. The molecule has 26 heavy (non-hydrogen) atoms. The van der Waals surface area contributed by atoms with E-state index < -0.39 is 6.04 Å². The van der Waals surface area contributed by atoms with Crippen LogP contribution in [0.5, 0.6) is 0 Å². The van der Waals surface area contributed by atoms with Gasteiger partial charge in [0.1, 0.15) is 11.3 Å². The van der Waals surface area contributed by atoms with Crippen LogP contribution in [0.25, 0.3) is 22.3 Å². The summed E-state index contributed by atoms with van der Waals surface area (Å²) in [7, 11) is 0. The molecule has 2 aromatic carbocycles. The molecule has 1 fully saturated rings. The smallest absolute Gasteiger partial charge is 0.241 e. The minimum atomic E-state index is -0.506. The lowest BCUT2D eigenvalue weighted by Gasteiger charge is -2.26. The predicted octanol–water partition coefficient (Wildman–Crippen LogP) is 3.79. The number of nitrogens with two attached hydrogens (primary N) is 1. The number of para-hydroxylation sites is 1. The van der Waals surface area contributed by atoms with Gasteiger partial charge in [0.25, 0.3) is 0 Å². The predicted molar refractivity (Wildman–Crippen MR) is 102 cm³/mol. The molecule has 0 bridgehead atoms. The van der Waals surface area contributed by atoms with Crippen LogP contribution in [0.4, 0.5) is 5.69 Å². The van der Waals surface area contributed by atoms with Crippen LogP contribution >= 0.6 is 0 Å². The van der Waals surface area contributed by atoms with Gasteiger partial charge in [-0.2, -0.15) is 0 Å². The summed E-state index contributed by atoms with van der Waals surface area (Å²) in [5.74, 6) is 0.843. The van der Waals surface area contributed by atoms with Crippen molar-refractivity contribution in [3.05, 3.63) is 54.6 Å². The molecule has 0 aliphatic carbocycles. The minimum Gasteiger partial charge on any atom is -0.456 e. The van der Waals surface area contributed by atoms with Gasteiger partial charge in [0, 0.05) is 29.9 Å². The highest BCUT2D eigenvalue weighted by molar-refractivity contribution is 5.95. The van der Waals surface area contributed by atoms with Crippen LogP contribution in [-0.4, -0.2) is 25.2 Å². The fourth-order valence-electron chi connectivity index (χ4n) is 3.36. The van der Waals surface area contributed by atoms with Crippen LogP contribution in [0, 0.1) is 5.92 Å². The highest BCUT2D eigenvalue weighted by Crippen LogP contribution is 2.28. The number of carbonyl (C=O) groups is 1. The molecule has 3 N–H and O–H groups in total. The standard InChI is InChI=1S/C21H22N2O3/c22-20(15-9-11-25-12-10-15)21(24)23-17-7-5-14(6-8-17)19-13-16-3-1-2-4-18(16)26-19/h1-8,13,15,20H,9-12,22H2,(H,23,24). The molecule has 1 aromatic heterocycles. The molecule has 2 heterocycles. The first-order valence-corrected chi connectivity index (χ1v) is 8.94. The van der Waals surface area contributed by atoms with E-state index in [1.54, 1.807) is 0 Å². The number of ether oxygens (including phenoxy) is 1. The van der Waals surface area contributed by atoms with Crippen LogP contribution in [-0.2, 0) is 9.53 Å². The van der Waals surface area contributed by atoms with Crippen LogP contribution in [0.2, 0.25) is 0 Å². The molecule has 1 atom stereocenters. The van der Waals surface area contributed by atoms with E-state index in [2.05, 4.69) is 5.32 Å². The van der Waals surface area contributed by atoms with E-state index in [1.165, 1.54) is 0 Å². The Morgan fingerprint density at radius 1 is 1.08 bits per heavy atom. The molecule has 5 nitrogen and oxygen atoms in total. The molecule has 1 aliphatic rings. The van der Waals surface area contributed by atoms with Crippen LogP contribution in [0.1, 0.15) is 12.8 Å². The highest BCUT2D eigenvalue weighted by atomic mass is 16.5. The summed E-state index contributed by atoms with van der Waals surface area (Å²) in [4.78, 5) is 12.4. The zero-order valence-corrected chi connectivity index (χ0v) is 14.5. The Hall–Kier alpha value is -2.63. The lowest BCUT2D eigenvalue weighted by molar-refractivity contribution is -0.119. The Kier molecular flexibility index (Phi) is 4.73. The van der Waals surface area contributed by atoms with Crippen LogP contribution < -0.4 is 11.1 Å². The van der Waals surface area contributed by atoms with E-state index in [0.29, 0.717) is 13.2 Å². The number of carbonyl (C=O) groups excluding carboxylic acids is 1. The Morgan fingerprint density at radius 2 is 1.81 bits per heavy atom. The second-order valence-electron chi connectivity index (χ2n) is 6.69. The maximum absolute atomic E-state index is 12.4. The maximum atomic E-state index is 12.4. The average molecular weight is 350 g/mol. The monoisotopic (exact) mass is 350 g/mol. The van der Waals surface area contributed by atoms with E-state index in [0.717, 1.165) is 40.8 Å². The Morgan fingerprint density at radius 3 is 2.54 bits per heavy atom. The van der Waals surface area contributed by atoms with E-state index in [9.17, 15) is 4.79 Å². The molecule has 0 spiro atoms. The number of furan rings is 1. The number of nitrogens with one attached hydrogen (secondary N) is 1. The lowest BCUT2D eigenvalue weighted by atomic mass is 9.92. The van der Waals surface area contributed by atoms with Gasteiger partial charge in [0.15, 0.2) is 0 Å². The first kappa shape index (κ1) is 16.8.